The normalized spacial score (nSPS) is 22.5. The number of sulfone groups is 1. The molecule has 136 valence electrons. The number of hydrogen-bond acceptors (Lipinski definition) is 4. The Morgan fingerprint density at radius 2 is 1.76 bits per heavy atom. The van der Waals surface area contributed by atoms with Crippen molar-refractivity contribution in [2.24, 2.45) is 0 Å². The largest absolute Gasteiger partial charge is 0.349 e. The van der Waals surface area contributed by atoms with Gasteiger partial charge in [0, 0.05) is 23.3 Å². The standard InChI is InChI=1S/C17H23N3O4S/c21-16(18-13-5-1-2-6-13)12-4-3-7-14(10-12)19-17(22)20-15-8-9-25(23,24)11-15/h3-4,7,10,13,15H,1-2,5-6,8-9,11H2,(H,18,21)(H2,19,20,22)/t15-/m1/s1. The first-order chi connectivity index (χ1) is 11.9. The monoisotopic (exact) mass is 365 g/mol. The van der Waals surface area contributed by atoms with E-state index in [9.17, 15) is 18.0 Å². The van der Waals surface area contributed by atoms with Gasteiger partial charge in [0.2, 0.25) is 0 Å². The lowest BCUT2D eigenvalue weighted by molar-refractivity contribution is 0.0938. The van der Waals surface area contributed by atoms with Crippen LogP contribution in [0, 0.1) is 0 Å². The van der Waals surface area contributed by atoms with Crippen molar-refractivity contribution in [1.82, 2.24) is 10.6 Å². The average Bonchev–Trinajstić information content (AvgIpc) is 3.17. The fourth-order valence-electron chi connectivity index (χ4n) is 3.34. The van der Waals surface area contributed by atoms with Gasteiger partial charge in [0.1, 0.15) is 0 Å². The van der Waals surface area contributed by atoms with Crippen LogP contribution in [0.3, 0.4) is 0 Å². The van der Waals surface area contributed by atoms with Crippen LogP contribution in [0.2, 0.25) is 0 Å². The quantitative estimate of drug-likeness (QED) is 0.755. The minimum Gasteiger partial charge on any atom is -0.349 e. The van der Waals surface area contributed by atoms with Gasteiger partial charge in [0.25, 0.3) is 5.91 Å². The molecule has 1 saturated heterocycles. The van der Waals surface area contributed by atoms with Crippen LogP contribution in [0.5, 0.6) is 0 Å². The number of urea groups is 1. The Balaban J connectivity index is 1.55. The fraction of sp³-hybridized carbons (Fsp3) is 0.529. The van der Waals surface area contributed by atoms with Crippen LogP contribution in [-0.4, -0.2) is 43.9 Å². The molecule has 1 aliphatic carbocycles. The number of carbonyl (C=O) groups is 2. The van der Waals surface area contributed by atoms with Gasteiger partial charge in [0.15, 0.2) is 9.84 Å². The molecule has 1 aromatic carbocycles. The lowest BCUT2D eigenvalue weighted by Gasteiger charge is -2.14. The Labute approximate surface area is 147 Å². The Bertz CT molecular complexity index is 757. The molecule has 3 amide bonds. The summed E-state index contributed by atoms with van der Waals surface area (Å²) < 4.78 is 22.9. The summed E-state index contributed by atoms with van der Waals surface area (Å²) in [5, 5.41) is 8.33. The average molecular weight is 365 g/mol. The lowest BCUT2D eigenvalue weighted by atomic mass is 10.1. The molecule has 7 nitrogen and oxygen atoms in total. The molecule has 0 unspecified atom stereocenters. The summed E-state index contributed by atoms with van der Waals surface area (Å²) in [4.78, 5) is 24.3. The summed E-state index contributed by atoms with van der Waals surface area (Å²) >= 11 is 0. The van der Waals surface area contributed by atoms with Crippen molar-refractivity contribution in [2.45, 2.75) is 44.2 Å². The van der Waals surface area contributed by atoms with Crippen molar-refractivity contribution in [3.63, 3.8) is 0 Å². The number of nitrogens with one attached hydrogen (secondary N) is 3. The van der Waals surface area contributed by atoms with Crippen molar-refractivity contribution < 1.29 is 18.0 Å². The summed E-state index contributed by atoms with van der Waals surface area (Å²) in [6.07, 6.45) is 4.74. The lowest BCUT2D eigenvalue weighted by Crippen LogP contribution is -2.38. The number of benzene rings is 1. The number of carbonyl (C=O) groups excluding carboxylic acids is 2. The second-order valence-electron chi connectivity index (χ2n) is 6.73. The van der Waals surface area contributed by atoms with Gasteiger partial charge in [-0.15, -0.1) is 0 Å². The molecule has 3 N–H and O–H groups in total. The van der Waals surface area contributed by atoms with Gasteiger partial charge in [-0.1, -0.05) is 18.9 Å². The van der Waals surface area contributed by atoms with Crippen LogP contribution in [-0.2, 0) is 9.84 Å². The number of anilines is 1. The van der Waals surface area contributed by atoms with E-state index < -0.39 is 15.9 Å². The molecule has 0 spiro atoms. The van der Waals surface area contributed by atoms with E-state index in [2.05, 4.69) is 16.0 Å². The van der Waals surface area contributed by atoms with Crippen molar-refractivity contribution >= 4 is 27.5 Å². The Kier molecular flexibility index (Phi) is 5.27. The molecule has 1 atom stereocenters. The minimum absolute atomic E-state index is 0.0236. The highest BCUT2D eigenvalue weighted by Crippen LogP contribution is 2.19. The van der Waals surface area contributed by atoms with E-state index in [0.717, 1.165) is 25.7 Å². The van der Waals surface area contributed by atoms with Crippen LogP contribution in [0.15, 0.2) is 24.3 Å². The van der Waals surface area contributed by atoms with Gasteiger partial charge in [-0.2, -0.15) is 0 Å². The van der Waals surface area contributed by atoms with E-state index in [4.69, 9.17) is 0 Å². The number of amides is 3. The van der Waals surface area contributed by atoms with E-state index in [-0.39, 0.29) is 29.5 Å². The van der Waals surface area contributed by atoms with Crippen molar-refractivity contribution in [3.8, 4) is 0 Å². The highest BCUT2D eigenvalue weighted by molar-refractivity contribution is 7.91. The molecule has 3 rings (SSSR count). The van der Waals surface area contributed by atoms with E-state index in [1.165, 1.54) is 0 Å². The molecule has 25 heavy (non-hydrogen) atoms. The van der Waals surface area contributed by atoms with Crippen LogP contribution < -0.4 is 16.0 Å². The molecule has 0 bridgehead atoms. The maximum atomic E-state index is 12.3. The highest BCUT2D eigenvalue weighted by Gasteiger charge is 2.28. The Morgan fingerprint density at radius 1 is 1.00 bits per heavy atom. The molecular weight excluding hydrogens is 342 g/mol. The molecule has 0 radical (unpaired) electrons. The highest BCUT2D eigenvalue weighted by atomic mass is 32.2. The first-order valence-electron chi connectivity index (χ1n) is 8.60. The smallest absolute Gasteiger partial charge is 0.319 e. The summed E-state index contributed by atoms with van der Waals surface area (Å²) in [6, 6.07) is 6.13. The van der Waals surface area contributed by atoms with Crippen LogP contribution in [0.4, 0.5) is 10.5 Å². The minimum atomic E-state index is -3.04. The van der Waals surface area contributed by atoms with E-state index >= 15 is 0 Å². The van der Waals surface area contributed by atoms with E-state index in [1.807, 2.05) is 0 Å². The van der Waals surface area contributed by atoms with Gasteiger partial charge in [-0.05, 0) is 37.5 Å². The number of hydrogen-bond donors (Lipinski definition) is 3. The molecule has 1 aliphatic heterocycles. The summed E-state index contributed by atoms with van der Waals surface area (Å²) in [5.41, 5.74) is 0.991. The van der Waals surface area contributed by atoms with E-state index in [0.29, 0.717) is 17.7 Å². The number of rotatable bonds is 4. The summed E-state index contributed by atoms with van der Waals surface area (Å²) in [7, 11) is -3.04. The van der Waals surface area contributed by atoms with Gasteiger partial charge < -0.3 is 16.0 Å². The molecule has 1 heterocycles. The second-order valence-corrected chi connectivity index (χ2v) is 8.96. The molecule has 8 heteroatoms. The van der Waals surface area contributed by atoms with Crippen LogP contribution in [0.1, 0.15) is 42.5 Å². The molecular formula is C17H23N3O4S. The fourth-order valence-corrected chi connectivity index (χ4v) is 5.01. The zero-order valence-electron chi connectivity index (χ0n) is 14.0. The molecule has 2 aliphatic rings. The first-order valence-corrected chi connectivity index (χ1v) is 10.4. The Morgan fingerprint density at radius 3 is 2.44 bits per heavy atom. The third kappa shape index (κ3) is 4.94. The van der Waals surface area contributed by atoms with Gasteiger partial charge in [-0.3, -0.25) is 4.79 Å². The topological polar surface area (TPSA) is 104 Å². The summed E-state index contributed by atoms with van der Waals surface area (Å²) in [6.45, 7) is 0. The summed E-state index contributed by atoms with van der Waals surface area (Å²) in [5.74, 6) is -0.0585. The molecule has 0 aromatic heterocycles. The Hall–Kier alpha value is -2.09. The predicted molar refractivity (Wildman–Crippen MR) is 95.4 cm³/mol. The maximum absolute atomic E-state index is 12.3. The van der Waals surface area contributed by atoms with E-state index in [1.54, 1.807) is 24.3 Å². The first kappa shape index (κ1) is 17.7. The molecule has 1 aromatic rings. The van der Waals surface area contributed by atoms with Crippen molar-refractivity contribution in [3.05, 3.63) is 29.8 Å². The molecule has 2 fully saturated rings. The zero-order valence-corrected chi connectivity index (χ0v) is 14.8. The SMILES string of the molecule is O=C(Nc1cccc(C(=O)NC2CCCC2)c1)N[C@@H]1CCS(=O)(=O)C1. The zero-order chi connectivity index (χ0) is 17.9. The van der Waals surface area contributed by atoms with Crippen molar-refractivity contribution in [2.75, 3.05) is 16.8 Å². The maximum Gasteiger partial charge on any atom is 0.319 e. The van der Waals surface area contributed by atoms with Gasteiger partial charge >= 0.3 is 6.03 Å². The van der Waals surface area contributed by atoms with Gasteiger partial charge in [0.05, 0.1) is 11.5 Å². The van der Waals surface area contributed by atoms with Gasteiger partial charge in [-0.25, -0.2) is 13.2 Å². The van der Waals surface area contributed by atoms with Crippen LogP contribution >= 0.6 is 0 Å². The predicted octanol–water partition coefficient (Wildman–Crippen LogP) is 1.67. The molecule has 1 saturated carbocycles. The third-order valence-corrected chi connectivity index (χ3v) is 6.41. The third-order valence-electron chi connectivity index (χ3n) is 4.64. The van der Waals surface area contributed by atoms with Crippen molar-refractivity contribution in [1.29, 1.82) is 0 Å². The second kappa shape index (κ2) is 7.43. The van der Waals surface area contributed by atoms with Crippen LogP contribution in [0.25, 0.3) is 0 Å².